The molecule has 0 spiro atoms. The third kappa shape index (κ3) is 3.72. The molecular formula is C15H20N4. The summed E-state index contributed by atoms with van der Waals surface area (Å²) in [6.45, 7) is 4.77. The van der Waals surface area contributed by atoms with Gasteiger partial charge in [0, 0.05) is 13.1 Å². The fraction of sp³-hybridized carbons (Fsp3) is 0.467. The molecule has 2 rings (SSSR count). The first-order valence-electron chi connectivity index (χ1n) is 6.73. The summed E-state index contributed by atoms with van der Waals surface area (Å²) < 4.78 is 0. The van der Waals surface area contributed by atoms with E-state index in [1.807, 2.05) is 18.2 Å². The van der Waals surface area contributed by atoms with E-state index in [0.29, 0.717) is 24.0 Å². The molecule has 0 aromatic heterocycles. The number of guanidine groups is 1. The Morgan fingerprint density at radius 1 is 1.58 bits per heavy atom. The molecule has 0 radical (unpaired) electrons. The summed E-state index contributed by atoms with van der Waals surface area (Å²) in [5.74, 6) is 1.30. The van der Waals surface area contributed by atoms with Gasteiger partial charge in [-0.3, -0.25) is 0 Å². The second-order valence-electron chi connectivity index (χ2n) is 5.18. The Kier molecular flexibility index (Phi) is 4.40. The molecule has 4 nitrogen and oxygen atoms in total. The van der Waals surface area contributed by atoms with Crippen molar-refractivity contribution in [2.45, 2.75) is 26.3 Å². The van der Waals surface area contributed by atoms with Crippen molar-refractivity contribution in [1.82, 2.24) is 4.90 Å². The highest BCUT2D eigenvalue weighted by molar-refractivity contribution is 5.78. The number of benzene rings is 1. The SMILES string of the molecule is CC1CCCN(C(N)=NCc2cccc(C#N)c2)C1. The maximum atomic E-state index is 8.85. The summed E-state index contributed by atoms with van der Waals surface area (Å²) in [6.07, 6.45) is 2.45. The molecule has 4 heteroatoms. The molecular weight excluding hydrogens is 236 g/mol. The number of hydrogen-bond donors (Lipinski definition) is 1. The molecule has 1 heterocycles. The first-order chi connectivity index (χ1) is 9.19. The van der Waals surface area contributed by atoms with Crippen molar-refractivity contribution in [1.29, 1.82) is 5.26 Å². The smallest absolute Gasteiger partial charge is 0.191 e. The van der Waals surface area contributed by atoms with E-state index >= 15 is 0 Å². The van der Waals surface area contributed by atoms with Gasteiger partial charge in [-0.25, -0.2) is 4.99 Å². The second-order valence-corrected chi connectivity index (χ2v) is 5.18. The minimum Gasteiger partial charge on any atom is -0.370 e. The Hall–Kier alpha value is -2.02. The van der Waals surface area contributed by atoms with Gasteiger partial charge in [0.05, 0.1) is 18.2 Å². The van der Waals surface area contributed by atoms with Crippen LogP contribution in [0.15, 0.2) is 29.3 Å². The number of nitrogens with zero attached hydrogens (tertiary/aromatic N) is 3. The van der Waals surface area contributed by atoms with E-state index < -0.39 is 0 Å². The van der Waals surface area contributed by atoms with Gasteiger partial charge in [0.1, 0.15) is 0 Å². The van der Waals surface area contributed by atoms with Crippen LogP contribution in [-0.4, -0.2) is 23.9 Å². The van der Waals surface area contributed by atoms with E-state index in [9.17, 15) is 0 Å². The lowest BCUT2D eigenvalue weighted by Crippen LogP contribution is -2.43. The standard InChI is InChI=1S/C15H20N4/c1-12-4-3-7-19(11-12)15(17)18-10-14-6-2-5-13(8-14)9-16/h2,5-6,8,12H,3-4,7,10-11H2,1H3,(H2,17,18). The summed E-state index contributed by atoms with van der Waals surface area (Å²) in [4.78, 5) is 6.59. The maximum Gasteiger partial charge on any atom is 0.191 e. The minimum atomic E-state index is 0.534. The van der Waals surface area contributed by atoms with Gasteiger partial charge in [-0.1, -0.05) is 19.1 Å². The van der Waals surface area contributed by atoms with Gasteiger partial charge in [0.2, 0.25) is 0 Å². The Balaban J connectivity index is 1.99. The fourth-order valence-corrected chi connectivity index (χ4v) is 2.41. The van der Waals surface area contributed by atoms with E-state index in [4.69, 9.17) is 11.0 Å². The number of piperidine rings is 1. The van der Waals surface area contributed by atoms with E-state index in [2.05, 4.69) is 22.9 Å². The minimum absolute atomic E-state index is 0.534. The largest absolute Gasteiger partial charge is 0.370 e. The van der Waals surface area contributed by atoms with Crippen molar-refractivity contribution in [2.24, 2.45) is 16.6 Å². The van der Waals surface area contributed by atoms with Crippen molar-refractivity contribution in [3.05, 3.63) is 35.4 Å². The summed E-state index contributed by atoms with van der Waals surface area (Å²) in [5.41, 5.74) is 7.73. The van der Waals surface area contributed by atoms with Crippen LogP contribution < -0.4 is 5.73 Å². The highest BCUT2D eigenvalue weighted by atomic mass is 15.3. The van der Waals surface area contributed by atoms with Crippen LogP contribution in [0.5, 0.6) is 0 Å². The second kappa shape index (κ2) is 6.24. The molecule has 0 aliphatic carbocycles. The zero-order valence-corrected chi connectivity index (χ0v) is 11.3. The van der Waals surface area contributed by atoms with Gasteiger partial charge < -0.3 is 10.6 Å². The Bertz CT molecular complexity index is 501. The van der Waals surface area contributed by atoms with Crippen LogP contribution in [-0.2, 0) is 6.54 Å². The predicted molar refractivity (Wildman–Crippen MR) is 76.5 cm³/mol. The number of likely N-dealkylation sites (tertiary alicyclic amines) is 1. The van der Waals surface area contributed by atoms with Crippen molar-refractivity contribution in [3.63, 3.8) is 0 Å². The molecule has 0 amide bonds. The number of rotatable bonds is 2. The molecule has 1 aliphatic rings. The number of aliphatic imine (C=N–C) groups is 1. The lowest BCUT2D eigenvalue weighted by atomic mass is 10.0. The molecule has 2 N–H and O–H groups in total. The van der Waals surface area contributed by atoms with Gasteiger partial charge in [0.15, 0.2) is 5.96 Å². The Morgan fingerprint density at radius 2 is 2.42 bits per heavy atom. The van der Waals surface area contributed by atoms with Gasteiger partial charge in [0.25, 0.3) is 0 Å². The first-order valence-corrected chi connectivity index (χ1v) is 6.73. The zero-order chi connectivity index (χ0) is 13.7. The predicted octanol–water partition coefficient (Wildman–Crippen LogP) is 2.10. The fourth-order valence-electron chi connectivity index (χ4n) is 2.41. The molecule has 0 bridgehead atoms. The van der Waals surface area contributed by atoms with E-state index in [0.717, 1.165) is 18.7 Å². The third-order valence-corrected chi connectivity index (χ3v) is 3.46. The zero-order valence-electron chi connectivity index (χ0n) is 11.3. The monoisotopic (exact) mass is 256 g/mol. The van der Waals surface area contributed by atoms with Crippen LogP contribution in [0.4, 0.5) is 0 Å². The average Bonchev–Trinajstić information content (AvgIpc) is 2.45. The molecule has 100 valence electrons. The first kappa shape index (κ1) is 13.4. The lowest BCUT2D eigenvalue weighted by Gasteiger charge is -2.31. The Labute approximate surface area is 114 Å². The van der Waals surface area contributed by atoms with Crippen molar-refractivity contribution < 1.29 is 0 Å². The van der Waals surface area contributed by atoms with Crippen molar-refractivity contribution in [3.8, 4) is 6.07 Å². The summed E-state index contributed by atoms with van der Waals surface area (Å²) in [5, 5.41) is 8.85. The molecule has 1 aromatic carbocycles. The maximum absolute atomic E-state index is 8.85. The number of nitrogens with two attached hydrogens (primary N) is 1. The topological polar surface area (TPSA) is 65.4 Å². The van der Waals surface area contributed by atoms with Gasteiger partial charge in [-0.05, 0) is 36.5 Å². The summed E-state index contributed by atoms with van der Waals surface area (Å²) >= 11 is 0. The summed E-state index contributed by atoms with van der Waals surface area (Å²) in [6, 6.07) is 9.63. The molecule has 1 aliphatic heterocycles. The van der Waals surface area contributed by atoms with E-state index in [1.54, 1.807) is 6.07 Å². The highest BCUT2D eigenvalue weighted by Crippen LogP contribution is 2.15. The van der Waals surface area contributed by atoms with E-state index in [-0.39, 0.29) is 0 Å². The van der Waals surface area contributed by atoms with Crippen molar-refractivity contribution in [2.75, 3.05) is 13.1 Å². The van der Waals surface area contributed by atoms with E-state index in [1.165, 1.54) is 12.8 Å². The number of nitriles is 1. The molecule has 1 fully saturated rings. The molecule has 1 saturated heterocycles. The molecule has 1 unspecified atom stereocenters. The van der Waals surface area contributed by atoms with Gasteiger partial charge in [-0.15, -0.1) is 0 Å². The molecule has 19 heavy (non-hydrogen) atoms. The normalized spacial score (nSPS) is 20.1. The third-order valence-electron chi connectivity index (χ3n) is 3.46. The van der Waals surface area contributed by atoms with Crippen LogP contribution >= 0.6 is 0 Å². The molecule has 1 aromatic rings. The quantitative estimate of drug-likeness (QED) is 0.651. The van der Waals surface area contributed by atoms with Gasteiger partial charge >= 0.3 is 0 Å². The molecule has 1 atom stereocenters. The van der Waals surface area contributed by atoms with Crippen LogP contribution in [0.3, 0.4) is 0 Å². The Morgan fingerprint density at radius 3 is 3.16 bits per heavy atom. The van der Waals surface area contributed by atoms with Crippen LogP contribution in [0, 0.1) is 17.2 Å². The summed E-state index contributed by atoms with van der Waals surface area (Å²) in [7, 11) is 0. The molecule has 0 saturated carbocycles. The van der Waals surface area contributed by atoms with Crippen LogP contribution in [0.2, 0.25) is 0 Å². The average molecular weight is 256 g/mol. The van der Waals surface area contributed by atoms with Crippen molar-refractivity contribution >= 4 is 5.96 Å². The lowest BCUT2D eigenvalue weighted by molar-refractivity contribution is 0.270. The van der Waals surface area contributed by atoms with Crippen LogP contribution in [0.25, 0.3) is 0 Å². The van der Waals surface area contributed by atoms with Crippen LogP contribution in [0.1, 0.15) is 30.9 Å². The number of hydrogen-bond acceptors (Lipinski definition) is 2. The van der Waals surface area contributed by atoms with Gasteiger partial charge in [-0.2, -0.15) is 5.26 Å². The highest BCUT2D eigenvalue weighted by Gasteiger charge is 2.17.